The fourth-order valence-corrected chi connectivity index (χ4v) is 4.08. The van der Waals surface area contributed by atoms with Crippen LogP contribution in [0, 0.1) is 0 Å². The molecule has 0 unspecified atom stereocenters. The van der Waals surface area contributed by atoms with Crippen molar-refractivity contribution in [3.05, 3.63) is 52.4 Å². The zero-order chi connectivity index (χ0) is 22.8. The first-order valence-electron chi connectivity index (χ1n) is 11.2. The normalized spacial score (nSPS) is 15.5. The van der Waals surface area contributed by atoms with Crippen LogP contribution in [-0.4, -0.2) is 50.5 Å². The van der Waals surface area contributed by atoms with Crippen LogP contribution in [0.15, 0.2) is 45.8 Å². The molecule has 2 aromatic carbocycles. The molecule has 8 nitrogen and oxygen atoms in total. The van der Waals surface area contributed by atoms with Gasteiger partial charge in [-0.15, -0.1) is 0 Å². The van der Waals surface area contributed by atoms with Gasteiger partial charge < -0.3 is 28.3 Å². The molecule has 2 aliphatic rings. The van der Waals surface area contributed by atoms with Crippen LogP contribution in [0.25, 0.3) is 22.1 Å². The Bertz CT molecular complexity index is 1240. The van der Waals surface area contributed by atoms with E-state index in [1.54, 1.807) is 29.2 Å². The van der Waals surface area contributed by atoms with Gasteiger partial charge in [-0.05, 0) is 35.7 Å². The summed E-state index contributed by atoms with van der Waals surface area (Å²) in [6.45, 7) is 4.97. The van der Waals surface area contributed by atoms with Crippen LogP contribution >= 0.6 is 0 Å². The van der Waals surface area contributed by atoms with Gasteiger partial charge in [-0.3, -0.25) is 4.79 Å². The molecule has 2 aliphatic heterocycles. The van der Waals surface area contributed by atoms with Crippen LogP contribution in [-0.2, 0) is 11.2 Å². The molecule has 33 heavy (non-hydrogen) atoms. The van der Waals surface area contributed by atoms with Crippen LogP contribution < -0.4 is 19.6 Å². The van der Waals surface area contributed by atoms with Crippen molar-refractivity contribution in [2.75, 3.05) is 39.5 Å². The smallest absolute Gasteiger partial charge is 0.415 e. The Morgan fingerprint density at radius 3 is 2.61 bits per heavy atom. The zero-order valence-electron chi connectivity index (χ0n) is 18.4. The summed E-state index contributed by atoms with van der Waals surface area (Å²) in [6.07, 6.45) is 2.50. The van der Waals surface area contributed by atoms with Crippen LogP contribution in [0.4, 0.5) is 4.79 Å². The molecule has 0 radical (unpaired) electrons. The van der Waals surface area contributed by atoms with E-state index in [1.165, 1.54) is 6.26 Å². The average Bonchev–Trinajstić information content (AvgIpc) is 2.85. The highest BCUT2D eigenvalue weighted by molar-refractivity contribution is 5.85. The van der Waals surface area contributed by atoms with Crippen LogP contribution in [0.3, 0.4) is 0 Å². The maximum atomic E-state index is 13.4. The molecular weight excluding hydrogens is 426 g/mol. The molecular formula is C25H25NO7. The zero-order valence-corrected chi connectivity index (χ0v) is 18.4. The number of hydrogen-bond acceptors (Lipinski definition) is 7. The van der Waals surface area contributed by atoms with E-state index in [1.807, 2.05) is 13.0 Å². The van der Waals surface area contributed by atoms with Crippen molar-refractivity contribution < 1.29 is 28.2 Å². The topological polar surface area (TPSA) is 87.4 Å². The molecule has 172 valence electrons. The van der Waals surface area contributed by atoms with Crippen molar-refractivity contribution in [2.24, 2.45) is 0 Å². The Balaban J connectivity index is 1.51. The number of fused-ring (bicyclic) bond motifs is 2. The van der Waals surface area contributed by atoms with E-state index in [-0.39, 0.29) is 5.43 Å². The fourth-order valence-electron chi connectivity index (χ4n) is 4.08. The summed E-state index contributed by atoms with van der Waals surface area (Å²) < 4.78 is 28.0. The third-order valence-electron chi connectivity index (χ3n) is 5.79. The summed E-state index contributed by atoms with van der Waals surface area (Å²) in [4.78, 5) is 27.6. The number of morpholine rings is 1. The van der Waals surface area contributed by atoms with Crippen molar-refractivity contribution >= 4 is 17.1 Å². The van der Waals surface area contributed by atoms with Gasteiger partial charge in [0.2, 0.25) is 5.43 Å². The third-order valence-corrected chi connectivity index (χ3v) is 5.79. The molecule has 8 heteroatoms. The van der Waals surface area contributed by atoms with Gasteiger partial charge >= 0.3 is 6.09 Å². The predicted octanol–water partition coefficient (Wildman–Crippen LogP) is 4.01. The summed E-state index contributed by atoms with van der Waals surface area (Å²) in [7, 11) is 0. The fraction of sp³-hybridized carbons (Fsp3) is 0.360. The molecule has 1 aromatic heterocycles. The number of carbonyl (C=O) groups excluding carboxylic acids is 1. The molecule has 3 heterocycles. The number of nitrogens with zero attached hydrogens (tertiary/aromatic N) is 1. The number of hydrogen-bond donors (Lipinski definition) is 0. The third kappa shape index (κ3) is 4.26. The van der Waals surface area contributed by atoms with E-state index in [9.17, 15) is 9.59 Å². The first-order valence-corrected chi connectivity index (χ1v) is 11.2. The Morgan fingerprint density at radius 2 is 1.82 bits per heavy atom. The van der Waals surface area contributed by atoms with Crippen molar-refractivity contribution in [1.82, 2.24) is 4.90 Å². The van der Waals surface area contributed by atoms with Gasteiger partial charge in [-0.2, -0.15) is 0 Å². The second kappa shape index (κ2) is 9.15. The van der Waals surface area contributed by atoms with E-state index in [0.29, 0.717) is 85.3 Å². The first-order chi connectivity index (χ1) is 16.1. The maximum absolute atomic E-state index is 13.4. The Kier molecular flexibility index (Phi) is 5.92. The minimum Gasteiger partial charge on any atom is -0.486 e. The largest absolute Gasteiger partial charge is 0.486 e. The lowest BCUT2D eigenvalue weighted by Crippen LogP contribution is -2.42. The molecule has 0 atom stereocenters. The predicted molar refractivity (Wildman–Crippen MR) is 121 cm³/mol. The van der Waals surface area contributed by atoms with Crippen molar-refractivity contribution in [2.45, 2.75) is 19.8 Å². The van der Waals surface area contributed by atoms with Crippen molar-refractivity contribution in [3.8, 4) is 28.4 Å². The van der Waals surface area contributed by atoms with E-state index in [4.69, 9.17) is 23.4 Å². The standard InChI is InChI=1S/C25H25NO7/c1-2-3-17-12-18-22(14-21(17)33-25(28)26-6-8-29-9-7-26)32-15-19(24(18)27)16-4-5-20-23(13-16)31-11-10-30-20/h4-5,12-15H,2-3,6-11H2,1H3. The first kappa shape index (κ1) is 21.3. The highest BCUT2D eigenvalue weighted by Gasteiger charge is 2.22. The summed E-state index contributed by atoms with van der Waals surface area (Å²) >= 11 is 0. The number of ether oxygens (including phenoxy) is 4. The quantitative estimate of drug-likeness (QED) is 0.592. The highest BCUT2D eigenvalue weighted by Crippen LogP contribution is 2.35. The van der Waals surface area contributed by atoms with Gasteiger partial charge in [0.1, 0.15) is 30.8 Å². The molecule has 0 aliphatic carbocycles. The minimum absolute atomic E-state index is 0.156. The van der Waals surface area contributed by atoms with Crippen molar-refractivity contribution in [1.29, 1.82) is 0 Å². The summed E-state index contributed by atoms with van der Waals surface area (Å²) in [5.41, 5.74) is 2.12. The van der Waals surface area contributed by atoms with Gasteiger partial charge in [0.15, 0.2) is 11.5 Å². The van der Waals surface area contributed by atoms with E-state index >= 15 is 0 Å². The lowest BCUT2D eigenvalue weighted by Gasteiger charge is -2.26. The maximum Gasteiger partial charge on any atom is 0.415 e. The van der Waals surface area contributed by atoms with Crippen molar-refractivity contribution in [3.63, 3.8) is 0 Å². The highest BCUT2D eigenvalue weighted by atomic mass is 16.6. The molecule has 0 N–H and O–H groups in total. The minimum atomic E-state index is -0.426. The monoisotopic (exact) mass is 451 g/mol. The van der Waals surface area contributed by atoms with Gasteiger partial charge in [0, 0.05) is 19.2 Å². The average molecular weight is 451 g/mol. The summed E-state index contributed by atoms with van der Waals surface area (Å²) in [5, 5.41) is 0.442. The number of rotatable bonds is 4. The van der Waals surface area contributed by atoms with E-state index < -0.39 is 6.09 Å². The lowest BCUT2D eigenvalue weighted by molar-refractivity contribution is 0.0415. The Hall–Kier alpha value is -3.52. The Morgan fingerprint density at radius 1 is 1.03 bits per heavy atom. The molecule has 1 saturated heterocycles. The molecule has 5 rings (SSSR count). The number of benzene rings is 2. The molecule has 0 saturated carbocycles. The van der Waals surface area contributed by atoms with E-state index in [0.717, 1.165) is 12.0 Å². The van der Waals surface area contributed by atoms with Gasteiger partial charge in [-0.1, -0.05) is 19.4 Å². The van der Waals surface area contributed by atoms with Crippen LogP contribution in [0.1, 0.15) is 18.9 Å². The number of amides is 1. The van der Waals surface area contributed by atoms with Gasteiger partial charge in [-0.25, -0.2) is 4.79 Å². The second-order valence-electron chi connectivity index (χ2n) is 8.01. The molecule has 0 bridgehead atoms. The van der Waals surface area contributed by atoms with Gasteiger partial charge in [0.25, 0.3) is 0 Å². The Labute approximate surface area is 190 Å². The second-order valence-corrected chi connectivity index (χ2v) is 8.01. The van der Waals surface area contributed by atoms with Gasteiger partial charge in [0.05, 0.1) is 24.2 Å². The summed E-state index contributed by atoms with van der Waals surface area (Å²) in [5.74, 6) is 1.68. The molecule has 1 fully saturated rings. The van der Waals surface area contributed by atoms with E-state index in [2.05, 4.69) is 0 Å². The number of aryl methyl sites for hydroxylation is 1. The SMILES string of the molecule is CCCc1cc2c(=O)c(-c3ccc4c(c3)OCCO4)coc2cc1OC(=O)N1CCOCC1. The molecule has 0 spiro atoms. The molecule has 3 aromatic rings. The summed E-state index contributed by atoms with van der Waals surface area (Å²) in [6, 6.07) is 8.81. The molecule has 1 amide bonds. The van der Waals surface area contributed by atoms with Crippen LogP contribution in [0.5, 0.6) is 17.2 Å². The van der Waals surface area contributed by atoms with Crippen LogP contribution in [0.2, 0.25) is 0 Å². The lowest BCUT2D eigenvalue weighted by atomic mass is 10.0. The number of carbonyl (C=O) groups is 1.